The molecular weight excluding hydrogens is 318 g/mol. The lowest BCUT2D eigenvalue weighted by molar-refractivity contribution is -0.134. The van der Waals surface area contributed by atoms with Crippen molar-refractivity contribution in [3.8, 4) is 5.88 Å². The zero-order valence-electron chi connectivity index (χ0n) is 10.6. The average Bonchev–Trinajstić information content (AvgIpc) is 2.44. The van der Waals surface area contributed by atoms with Gasteiger partial charge in [0, 0.05) is 22.3 Å². The third kappa shape index (κ3) is 3.54. The number of carbonyl (C=O) groups is 2. The summed E-state index contributed by atoms with van der Waals surface area (Å²) < 4.78 is 14.7. The predicted molar refractivity (Wildman–Crippen MR) is 70.9 cm³/mol. The molecule has 19 heavy (non-hydrogen) atoms. The molecule has 0 bridgehead atoms. The highest BCUT2D eigenvalue weighted by Crippen LogP contribution is 2.28. The highest BCUT2D eigenvalue weighted by atomic mass is 79.9. The Morgan fingerprint density at radius 3 is 2.47 bits per heavy atom. The van der Waals surface area contributed by atoms with E-state index in [0.29, 0.717) is 10.0 Å². The van der Waals surface area contributed by atoms with Crippen molar-refractivity contribution in [3.05, 3.63) is 27.9 Å². The minimum atomic E-state index is -0.616. The van der Waals surface area contributed by atoms with Gasteiger partial charge in [-0.3, -0.25) is 0 Å². The van der Waals surface area contributed by atoms with E-state index in [0.717, 1.165) is 0 Å². The lowest BCUT2D eigenvalue weighted by Gasteiger charge is -2.10. The van der Waals surface area contributed by atoms with Crippen LogP contribution in [0, 0.1) is 0 Å². The van der Waals surface area contributed by atoms with E-state index in [1.54, 1.807) is 0 Å². The molecule has 0 saturated carbocycles. The van der Waals surface area contributed by atoms with Gasteiger partial charge in [-0.15, -0.1) is 0 Å². The van der Waals surface area contributed by atoms with E-state index in [2.05, 4.69) is 30.4 Å². The molecule has 0 aliphatic carbocycles. The Bertz CT molecular complexity index is 527. The normalized spacial score (nSPS) is 10.3. The fourth-order valence-corrected chi connectivity index (χ4v) is 1.75. The van der Waals surface area contributed by atoms with Crippen LogP contribution < -0.4 is 4.74 Å². The van der Waals surface area contributed by atoms with Gasteiger partial charge in [0.1, 0.15) is 5.56 Å². The van der Waals surface area contributed by atoms with E-state index < -0.39 is 11.9 Å². The highest BCUT2D eigenvalue weighted by molar-refractivity contribution is 9.10. The van der Waals surface area contributed by atoms with Crippen molar-refractivity contribution in [1.82, 2.24) is 4.98 Å². The molecule has 1 aromatic heterocycles. The van der Waals surface area contributed by atoms with E-state index in [1.807, 2.05) is 0 Å². The summed E-state index contributed by atoms with van der Waals surface area (Å²) >= 11 is 3.25. The lowest BCUT2D eigenvalue weighted by Crippen LogP contribution is -2.08. The van der Waals surface area contributed by atoms with E-state index in [1.165, 1.54) is 39.7 Å². The summed E-state index contributed by atoms with van der Waals surface area (Å²) in [5.74, 6) is -1.05. The SMILES string of the molecule is COC(=O)/C=C/c1c(Br)cnc(OC)c1C(=O)OC. The van der Waals surface area contributed by atoms with Gasteiger partial charge in [-0.2, -0.15) is 0 Å². The number of esters is 2. The summed E-state index contributed by atoms with van der Waals surface area (Å²) in [5, 5.41) is 0. The van der Waals surface area contributed by atoms with Gasteiger partial charge in [0.25, 0.3) is 0 Å². The first-order valence-electron chi connectivity index (χ1n) is 5.12. The highest BCUT2D eigenvalue weighted by Gasteiger charge is 2.20. The molecule has 1 heterocycles. The van der Waals surface area contributed by atoms with Crippen LogP contribution in [-0.2, 0) is 14.3 Å². The Balaban J connectivity index is 3.38. The van der Waals surface area contributed by atoms with Crippen LogP contribution in [0.5, 0.6) is 5.88 Å². The van der Waals surface area contributed by atoms with Gasteiger partial charge in [0.15, 0.2) is 0 Å². The maximum atomic E-state index is 11.8. The molecule has 0 fully saturated rings. The van der Waals surface area contributed by atoms with Crippen LogP contribution in [-0.4, -0.2) is 38.3 Å². The van der Waals surface area contributed by atoms with Crippen molar-refractivity contribution in [2.75, 3.05) is 21.3 Å². The molecule has 0 radical (unpaired) electrons. The minimum Gasteiger partial charge on any atom is -0.480 e. The van der Waals surface area contributed by atoms with Crippen molar-refractivity contribution in [3.63, 3.8) is 0 Å². The maximum absolute atomic E-state index is 11.8. The van der Waals surface area contributed by atoms with Crippen LogP contribution in [0.2, 0.25) is 0 Å². The van der Waals surface area contributed by atoms with Crippen molar-refractivity contribution < 1.29 is 23.8 Å². The van der Waals surface area contributed by atoms with Gasteiger partial charge < -0.3 is 14.2 Å². The lowest BCUT2D eigenvalue weighted by atomic mass is 10.1. The van der Waals surface area contributed by atoms with Gasteiger partial charge in [0.2, 0.25) is 5.88 Å². The average molecular weight is 330 g/mol. The standard InChI is InChI=1S/C12H12BrNO5/c1-17-9(15)5-4-7-8(13)6-14-11(18-2)10(7)12(16)19-3/h4-6H,1-3H3/b5-4+. The Hall–Kier alpha value is -1.89. The summed E-state index contributed by atoms with van der Waals surface area (Å²) in [6.45, 7) is 0. The number of halogens is 1. The van der Waals surface area contributed by atoms with E-state index in [9.17, 15) is 9.59 Å². The Morgan fingerprint density at radius 2 is 1.95 bits per heavy atom. The van der Waals surface area contributed by atoms with Gasteiger partial charge >= 0.3 is 11.9 Å². The number of rotatable bonds is 4. The molecule has 0 amide bonds. The smallest absolute Gasteiger partial charge is 0.344 e. The Morgan fingerprint density at radius 1 is 1.26 bits per heavy atom. The molecule has 0 aliphatic heterocycles. The second-order valence-corrected chi connectivity index (χ2v) is 4.11. The molecule has 0 spiro atoms. The fraction of sp³-hybridized carbons (Fsp3) is 0.250. The number of hydrogen-bond donors (Lipinski definition) is 0. The molecule has 0 atom stereocenters. The van der Waals surface area contributed by atoms with E-state index in [4.69, 9.17) is 4.74 Å². The van der Waals surface area contributed by atoms with Crippen LogP contribution in [0.25, 0.3) is 6.08 Å². The van der Waals surface area contributed by atoms with E-state index >= 15 is 0 Å². The second-order valence-electron chi connectivity index (χ2n) is 3.25. The summed E-state index contributed by atoms with van der Waals surface area (Å²) in [5.41, 5.74) is 0.545. The first kappa shape index (κ1) is 15.2. The first-order valence-corrected chi connectivity index (χ1v) is 5.91. The number of nitrogens with zero attached hydrogens (tertiary/aromatic N) is 1. The van der Waals surface area contributed by atoms with Gasteiger partial charge in [-0.25, -0.2) is 14.6 Å². The third-order valence-corrected chi connectivity index (χ3v) is 2.84. The second kappa shape index (κ2) is 6.89. The van der Waals surface area contributed by atoms with Crippen LogP contribution in [0.3, 0.4) is 0 Å². The molecule has 1 rings (SSSR count). The molecular formula is C12H12BrNO5. The molecule has 7 heteroatoms. The molecule has 0 unspecified atom stereocenters. The van der Waals surface area contributed by atoms with Gasteiger partial charge in [-0.1, -0.05) is 0 Å². The summed E-state index contributed by atoms with van der Waals surface area (Å²) in [6, 6.07) is 0. The third-order valence-electron chi connectivity index (χ3n) is 2.21. The Labute approximate surface area is 118 Å². The minimum absolute atomic E-state index is 0.111. The van der Waals surface area contributed by atoms with Crippen LogP contribution in [0.4, 0.5) is 0 Å². The van der Waals surface area contributed by atoms with Gasteiger partial charge in [0.05, 0.1) is 21.3 Å². The van der Waals surface area contributed by atoms with Crippen LogP contribution in [0.15, 0.2) is 16.7 Å². The monoisotopic (exact) mass is 329 g/mol. The summed E-state index contributed by atoms with van der Waals surface area (Å²) in [4.78, 5) is 26.8. The van der Waals surface area contributed by atoms with Crippen LogP contribution >= 0.6 is 15.9 Å². The molecule has 6 nitrogen and oxygen atoms in total. The zero-order chi connectivity index (χ0) is 14.4. The largest absolute Gasteiger partial charge is 0.480 e. The fourth-order valence-electron chi connectivity index (χ4n) is 1.32. The number of pyridine rings is 1. The molecule has 102 valence electrons. The number of aromatic nitrogens is 1. The molecule has 1 aromatic rings. The quantitative estimate of drug-likeness (QED) is 0.619. The molecule has 0 saturated heterocycles. The molecule has 0 aliphatic rings. The van der Waals surface area contributed by atoms with Crippen LogP contribution in [0.1, 0.15) is 15.9 Å². The van der Waals surface area contributed by atoms with Crippen molar-refractivity contribution >= 4 is 33.9 Å². The number of carbonyl (C=O) groups excluding carboxylic acids is 2. The zero-order valence-corrected chi connectivity index (χ0v) is 12.2. The summed E-state index contributed by atoms with van der Waals surface area (Å²) in [6.07, 6.45) is 4.07. The maximum Gasteiger partial charge on any atom is 0.344 e. The predicted octanol–water partition coefficient (Wildman–Crippen LogP) is 1.83. The topological polar surface area (TPSA) is 74.7 Å². The van der Waals surface area contributed by atoms with E-state index in [-0.39, 0.29) is 11.4 Å². The van der Waals surface area contributed by atoms with Crippen molar-refractivity contribution in [2.24, 2.45) is 0 Å². The summed E-state index contributed by atoms with van der Waals surface area (Å²) in [7, 11) is 3.89. The Kier molecular flexibility index (Phi) is 5.50. The molecule has 0 aromatic carbocycles. The van der Waals surface area contributed by atoms with Crippen molar-refractivity contribution in [2.45, 2.75) is 0 Å². The van der Waals surface area contributed by atoms with Crippen molar-refractivity contribution in [1.29, 1.82) is 0 Å². The molecule has 0 N–H and O–H groups in total. The van der Waals surface area contributed by atoms with Gasteiger partial charge in [-0.05, 0) is 22.0 Å². The number of methoxy groups -OCH3 is 3. The first-order chi connectivity index (χ1) is 9.04. The number of hydrogen-bond acceptors (Lipinski definition) is 6. The number of ether oxygens (including phenoxy) is 3.